The molecule has 1 unspecified atom stereocenters. The van der Waals surface area contributed by atoms with Crippen molar-refractivity contribution in [3.63, 3.8) is 0 Å². The van der Waals surface area contributed by atoms with E-state index in [1.54, 1.807) is 13.2 Å². The minimum Gasteiger partial charge on any atom is -0.496 e. The van der Waals surface area contributed by atoms with E-state index in [0.29, 0.717) is 4.47 Å². The van der Waals surface area contributed by atoms with E-state index in [0.717, 1.165) is 22.4 Å². The molecule has 0 spiro atoms. The second-order valence-corrected chi connectivity index (χ2v) is 5.56. The minimum absolute atomic E-state index is 0.296. The average Bonchev–Trinajstić information content (AvgIpc) is 2.38. The van der Waals surface area contributed by atoms with Crippen LogP contribution in [0.1, 0.15) is 22.1 Å². The largest absolute Gasteiger partial charge is 0.496 e. The highest BCUT2D eigenvalue weighted by atomic mass is 79.9. The summed E-state index contributed by atoms with van der Waals surface area (Å²) < 4.78 is 19.1. The first-order valence-electron chi connectivity index (χ1n) is 5.76. The molecule has 0 aliphatic heterocycles. The van der Waals surface area contributed by atoms with Crippen LogP contribution < -0.4 is 4.74 Å². The first-order chi connectivity index (χ1) is 9.02. The van der Waals surface area contributed by atoms with E-state index in [1.807, 2.05) is 25.1 Å². The molecule has 0 aliphatic rings. The molecular formula is C15H13BrClFO. The van der Waals surface area contributed by atoms with Crippen LogP contribution in [-0.2, 0) is 0 Å². The van der Waals surface area contributed by atoms with Gasteiger partial charge in [-0.15, -0.1) is 11.6 Å². The summed E-state index contributed by atoms with van der Waals surface area (Å²) >= 11 is 9.86. The monoisotopic (exact) mass is 342 g/mol. The van der Waals surface area contributed by atoms with Crippen LogP contribution in [0, 0.1) is 12.7 Å². The Morgan fingerprint density at radius 3 is 2.53 bits per heavy atom. The fourth-order valence-electron chi connectivity index (χ4n) is 1.93. The van der Waals surface area contributed by atoms with Gasteiger partial charge in [-0.05, 0) is 30.7 Å². The lowest BCUT2D eigenvalue weighted by Crippen LogP contribution is -1.99. The first-order valence-corrected chi connectivity index (χ1v) is 6.99. The molecule has 19 heavy (non-hydrogen) atoms. The van der Waals surface area contributed by atoms with E-state index >= 15 is 0 Å². The van der Waals surface area contributed by atoms with E-state index in [2.05, 4.69) is 15.9 Å². The summed E-state index contributed by atoms with van der Waals surface area (Å²) in [5.74, 6) is 0.428. The van der Waals surface area contributed by atoms with Crippen molar-refractivity contribution in [2.75, 3.05) is 7.11 Å². The summed E-state index contributed by atoms with van der Waals surface area (Å²) in [6.07, 6.45) is 0. The minimum atomic E-state index is -0.398. The topological polar surface area (TPSA) is 9.23 Å². The lowest BCUT2D eigenvalue weighted by atomic mass is 10.0. The van der Waals surface area contributed by atoms with Gasteiger partial charge in [-0.1, -0.05) is 39.7 Å². The van der Waals surface area contributed by atoms with Crippen LogP contribution in [0.15, 0.2) is 40.9 Å². The van der Waals surface area contributed by atoms with Crippen molar-refractivity contribution < 1.29 is 9.13 Å². The van der Waals surface area contributed by atoms with Gasteiger partial charge in [-0.2, -0.15) is 0 Å². The van der Waals surface area contributed by atoms with E-state index in [1.165, 1.54) is 12.1 Å². The molecule has 0 aromatic heterocycles. The molecule has 0 fully saturated rings. The maximum Gasteiger partial charge on any atom is 0.124 e. The Kier molecular flexibility index (Phi) is 4.48. The molecule has 2 aromatic rings. The Balaban J connectivity index is 2.49. The fraction of sp³-hybridized carbons (Fsp3) is 0.200. The first kappa shape index (κ1) is 14.4. The lowest BCUT2D eigenvalue weighted by Gasteiger charge is -2.16. The highest BCUT2D eigenvalue weighted by Crippen LogP contribution is 2.38. The molecule has 0 bridgehead atoms. The number of halogens is 3. The van der Waals surface area contributed by atoms with Gasteiger partial charge >= 0.3 is 0 Å². The molecule has 0 heterocycles. The smallest absolute Gasteiger partial charge is 0.124 e. The summed E-state index contributed by atoms with van der Waals surface area (Å²) in [7, 11) is 1.61. The van der Waals surface area contributed by atoms with E-state index < -0.39 is 5.38 Å². The highest BCUT2D eigenvalue weighted by Gasteiger charge is 2.18. The Labute approximate surface area is 125 Å². The molecule has 1 nitrogen and oxygen atoms in total. The molecule has 0 saturated heterocycles. The van der Waals surface area contributed by atoms with Crippen molar-refractivity contribution in [1.82, 2.24) is 0 Å². The van der Waals surface area contributed by atoms with Crippen LogP contribution in [0.2, 0.25) is 0 Å². The molecule has 2 aromatic carbocycles. The van der Waals surface area contributed by atoms with Crippen LogP contribution >= 0.6 is 27.5 Å². The zero-order valence-corrected chi connectivity index (χ0v) is 12.9. The van der Waals surface area contributed by atoms with E-state index in [9.17, 15) is 4.39 Å². The third-order valence-corrected chi connectivity index (χ3v) is 4.05. The number of methoxy groups -OCH3 is 1. The number of rotatable bonds is 3. The second-order valence-electron chi connectivity index (χ2n) is 4.27. The van der Waals surface area contributed by atoms with Crippen molar-refractivity contribution in [2.24, 2.45) is 0 Å². The van der Waals surface area contributed by atoms with Crippen molar-refractivity contribution in [1.29, 1.82) is 0 Å². The number of aryl methyl sites for hydroxylation is 1. The highest BCUT2D eigenvalue weighted by molar-refractivity contribution is 9.10. The molecule has 4 heteroatoms. The summed E-state index contributed by atoms with van der Waals surface area (Å²) in [6, 6.07) is 10.3. The Morgan fingerprint density at radius 2 is 1.89 bits per heavy atom. The quantitative estimate of drug-likeness (QED) is 0.693. The number of hydrogen-bond acceptors (Lipinski definition) is 1. The fourth-order valence-corrected chi connectivity index (χ4v) is 3.00. The summed E-state index contributed by atoms with van der Waals surface area (Å²) in [6.45, 7) is 1.99. The summed E-state index contributed by atoms with van der Waals surface area (Å²) in [5, 5.41) is -0.398. The van der Waals surface area contributed by atoms with Crippen molar-refractivity contribution in [3.8, 4) is 5.75 Å². The number of hydrogen-bond donors (Lipinski definition) is 0. The number of ether oxygens (including phenoxy) is 1. The molecule has 0 amide bonds. The summed E-state index contributed by atoms with van der Waals surface area (Å²) in [4.78, 5) is 0. The molecule has 0 radical (unpaired) electrons. The van der Waals surface area contributed by atoms with Crippen LogP contribution in [0.25, 0.3) is 0 Å². The van der Waals surface area contributed by atoms with Gasteiger partial charge in [-0.3, -0.25) is 0 Å². The van der Waals surface area contributed by atoms with Gasteiger partial charge in [0.15, 0.2) is 0 Å². The normalized spacial score (nSPS) is 12.3. The van der Waals surface area contributed by atoms with Crippen LogP contribution in [0.5, 0.6) is 5.75 Å². The van der Waals surface area contributed by atoms with Gasteiger partial charge in [0.1, 0.15) is 11.6 Å². The molecule has 0 saturated carbocycles. The van der Waals surface area contributed by atoms with Gasteiger partial charge < -0.3 is 4.74 Å². The van der Waals surface area contributed by atoms with Gasteiger partial charge in [0.2, 0.25) is 0 Å². The second kappa shape index (κ2) is 5.93. The van der Waals surface area contributed by atoms with Crippen molar-refractivity contribution >= 4 is 27.5 Å². The lowest BCUT2D eigenvalue weighted by molar-refractivity contribution is 0.410. The van der Waals surface area contributed by atoms with E-state index in [4.69, 9.17) is 16.3 Å². The van der Waals surface area contributed by atoms with Gasteiger partial charge in [0.25, 0.3) is 0 Å². The van der Waals surface area contributed by atoms with Gasteiger partial charge in [0.05, 0.1) is 12.5 Å². The standard InChI is InChI=1S/C15H13BrClFO/c1-9-3-6-14(19-2)12(7-9)15(17)11-5-4-10(18)8-13(11)16/h3-8,15H,1-2H3. The Morgan fingerprint density at radius 1 is 1.16 bits per heavy atom. The molecule has 1 atom stereocenters. The van der Waals surface area contributed by atoms with Crippen LogP contribution in [-0.4, -0.2) is 7.11 Å². The molecule has 2 rings (SSSR count). The van der Waals surface area contributed by atoms with Gasteiger partial charge in [0, 0.05) is 10.0 Å². The van der Waals surface area contributed by atoms with Gasteiger partial charge in [-0.25, -0.2) is 4.39 Å². The van der Waals surface area contributed by atoms with Crippen molar-refractivity contribution in [3.05, 3.63) is 63.4 Å². The van der Waals surface area contributed by atoms with E-state index in [-0.39, 0.29) is 5.82 Å². The summed E-state index contributed by atoms with van der Waals surface area (Å²) in [5.41, 5.74) is 2.78. The van der Waals surface area contributed by atoms with Crippen LogP contribution in [0.4, 0.5) is 4.39 Å². The molecule has 0 N–H and O–H groups in total. The van der Waals surface area contributed by atoms with Crippen molar-refractivity contribution in [2.45, 2.75) is 12.3 Å². The number of alkyl halides is 1. The third-order valence-electron chi connectivity index (χ3n) is 2.89. The maximum absolute atomic E-state index is 13.1. The number of benzene rings is 2. The molecular weight excluding hydrogens is 331 g/mol. The predicted molar refractivity (Wildman–Crippen MR) is 79.5 cm³/mol. The zero-order valence-electron chi connectivity index (χ0n) is 10.6. The van der Waals surface area contributed by atoms with Crippen LogP contribution in [0.3, 0.4) is 0 Å². The average molecular weight is 344 g/mol. The SMILES string of the molecule is COc1ccc(C)cc1C(Cl)c1ccc(F)cc1Br. The Hall–Kier alpha value is -1.06. The predicted octanol–water partition coefficient (Wildman–Crippen LogP) is 5.23. The third kappa shape index (κ3) is 3.10. The molecule has 0 aliphatic carbocycles. The maximum atomic E-state index is 13.1. The molecule has 100 valence electrons. The Bertz CT molecular complexity index is 601. The zero-order chi connectivity index (χ0) is 14.0.